The van der Waals surface area contributed by atoms with E-state index in [0.717, 1.165) is 12.3 Å². The zero-order valence-electron chi connectivity index (χ0n) is 7.75. The molecule has 13 heavy (non-hydrogen) atoms. The minimum absolute atomic E-state index is 0.0781. The molecule has 2 fully saturated rings. The molecule has 0 radical (unpaired) electrons. The summed E-state index contributed by atoms with van der Waals surface area (Å²) in [6.07, 6.45) is 3.50. The van der Waals surface area contributed by atoms with Crippen molar-refractivity contribution >= 4 is 11.9 Å². The van der Waals surface area contributed by atoms with Gasteiger partial charge in [0.2, 0.25) is 0 Å². The molecule has 1 atom stereocenters. The molecule has 1 saturated carbocycles. The van der Waals surface area contributed by atoms with Crippen molar-refractivity contribution in [3.05, 3.63) is 0 Å². The van der Waals surface area contributed by atoms with Gasteiger partial charge < -0.3 is 5.32 Å². The number of rotatable bonds is 3. The topological polar surface area (TPSA) is 49.4 Å². The van der Waals surface area contributed by atoms with Crippen LogP contribution < -0.4 is 5.32 Å². The minimum atomic E-state index is -0.327. The molecule has 4 heteroatoms. The van der Waals surface area contributed by atoms with E-state index in [0.29, 0.717) is 6.54 Å². The predicted molar refractivity (Wildman–Crippen MR) is 47.0 cm³/mol. The molecule has 1 aliphatic heterocycles. The average Bonchev–Trinajstić information content (AvgIpc) is 2.84. The van der Waals surface area contributed by atoms with Gasteiger partial charge in [-0.25, -0.2) is 4.79 Å². The predicted octanol–water partition coefficient (Wildman–Crippen LogP) is 0.727. The van der Waals surface area contributed by atoms with E-state index in [9.17, 15) is 9.59 Å². The third-order valence-electron chi connectivity index (χ3n) is 2.68. The highest BCUT2D eigenvalue weighted by Crippen LogP contribution is 2.32. The van der Waals surface area contributed by atoms with E-state index in [1.165, 1.54) is 17.7 Å². The molecule has 0 unspecified atom stereocenters. The van der Waals surface area contributed by atoms with E-state index in [1.807, 2.05) is 0 Å². The second-order valence-electron chi connectivity index (χ2n) is 3.89. The lowest BCUT2D eigenvalue weighted by Crippen LogP contribution is -2.32. The Hall–Kier alpha value is -1.06. The zero-order chi connectivity index (χ0) is 9.42. The molecule has 3 amide bonds. The third-order valence-corrected chi connectivity index (χ3v) is 2.68. The van der Waals surface area contributed by atoms with Crippen molar-refractivity contribution in [2.75, 3.05) is 6.54 Å². The molecule has 0 aromatic carbocycles. The Balaban J connectivity index is 1.88. The van der Waals surface area contributed by atoms with Gasteiger partial charge in [0.05, 0.1) is 0 Å². The molecule has 4 nitrogen and oxygen atoms in total. The summed E-state index contributed by atoms with van der Waals surface area (Å²) in [5.41, 5.74) is 0. The lowest BCUT2D eigenvalue weighted by Gasteiger charge is -2.11. The Labute approximate surface area is 77.3 Å². The molecular formula is C9H14N2O2. The minimum Gasteiger partial charge on any atom is -0.326 e. The van der Waals surface area contributed by atoms with E-state index in [4.69, 9.17) is 0 Å². The van der Waals surface area contributed by atoms with Crippen LogP contribution in [0.25, 0.3) is 0 Å². The normalized spacial score (nSPS) is 28.1. The van der Waals surface area contributed by atoms with E-state index < -0.39 is 0 Å². The average molecular weight is 182 g/mol. The van der Waals surface area contributed by atoms with Gasteiger partial charge in [-0.1, -0.05) is 12.8 Å². The van der Waals surface area contributed by atoms with Crippen LogP contribution in [0.1, 0.15) is 26.2 Å². The first-order chi connectivity index (χ1) is 6.18. The molecule has 0 aromatic heterocycles. The Kier molecular flexibility index (Phi) is 1.98. The molecule has 1 aliphatic carbocycles. The highest BCUT2D eigenvalue weighted by molar-refractivity contribution is 6.03. The molecule has 0 spiro atoms. The van der Waals surface area contributed by atoms with Crippen LogP contribution in [-0.4, -0.2) is 29.4 Å². The van der Waals surface area contributed by atoms with Gasteiger partial charge in [-0.2, -0.15) is 0 Å². The first kappa shape index (κ1) is 8.53. The standard InChI is InChI=1S/C9H14N2O2/c1-6-8(12)11(9(13)10-6)5-4-7-2-3-7/h6-7H,2-5H2,1H3,(H,10,13)/t6-/m1/s1. The summed E-state index contributed by atoms with van der Waals surface area (Å²) in [6, 6.07) is -0.551. The second kappa shape index (κ2) is 3.01. The number of nitrogens with one attached hydrogen (secondary N) is 1. The quantitative estimate of drug-likeness (QED) is 0.654. The summed E-state index contributed by atoms with van der Waals surface area (Å²) in [6.45, 7) is 2.32. The number of carbonyl (C=O) groups excluding carboxylic acids is 2. The molecule has 0 aromatic rings. The lowest BCUT2D eigenvalue weighted by atomic mass is 10.2. The number of hydrogen-bond donors (Lipinski definition) is 1. The summed E-state index contributed by atoms with van der Waals surface area (Å²) in [5.74, 6) is 0.683. The number of amides is 3. The van der Waals surface area contributed by atoms with E-state index >= 15 is 0 Å². The van der Waals surface area contributed by atoms with Crippen LogP contribution in [0, 0.1) is 5.92 Å². The lowest BCUT2D eigenvalue weighted by molar-refractivity contribution is -0.127. The SMILES string of the molecule is C[C@H]1NC(=O)N(CCC2CC2)C1=O. The van der Waals surface area contributed by atoms with Crippen molar-refractivity contribution in [3.8, 4) is 0 Å². The second-order valence-corrected chi connectivity index (χ2v) is 3.89. The first-order valence-corrected chi connectivity index (χ1v) is 4.80. The van der Waals surface area contributed by atoms with Gasteiger partial charge in [0.15, 0.2) is 0 Å². The van der Waals surface area contributed by atoms with Gasteiger partial charge in [-0.05, 0) is 19.3 Å². The molecular weight excluding hydrogens is 168 g/mol. The van der Waals surface area contributed by atoms with Crippen LogP contribution in [0.15, 0.2) is 0 Å². The monoisotopic (exact) mass is 182 g/mol. The fourth-order valence-electron chi connectivity index (χ4n) is 1.59. The zero-order valence-corrected chi connectivity index (χ0v) is 7.75. The smallest absolute Gasteiger partial charge is 0.324 e. The van der Waals surface area contributed by atoms with E-state index in [1.54, 1.807) is 6.92 Å². The highest BCUT2D eigenvalue weighted by Gasteiger charge is 2.35. The number of imide groups is 1. The molecule has 72 valence electrons. The molecule has 2 aliphatic rings. The summed E-state index contributed by atoms with van der Waals surface area (Å²) >= 11 is 0. The fraction of sp³-hybridized carbons (Fsp3) is 0.778. The number of urea groups is 1. The maximum absolute atomic E-state index is 11.4. The van der Waals surface area contributed by atoms with Crippen LogP contribution >= 0.6 is 0 Å². The largest absolute Gasteiger partial charge is 0.326 e. The van der Waals surface area contributed by atoms with Gasteiger partial charge in [0.25, 0.3) is 5.91 Å². The van der Waals surface area contributed by atoms with Crippen LogP contribution in [0.3, 0.4) is 0 Å². The number of nitrogens with zero attached hydrogens (tertiary/aromatic N) is 1. The Morgan fingerprint density at radius 2 is 2.15 bits per heavy atom. The van der Waals surface area contributed by atoms with Crippen LogP contribution in [-0.2, 0) is 4.79 Å². The number of carbonyl (C=O) groups is 2. The van der Waals surface area contributed by atoms with E-state index in [2.05, 4.69) is 5.32 Å². The van der Waals surface area contributed by atoms with Gasteiger partial charge in [-0.15, -0.1) is 0 Å². The molecule has 1 N–H and O–H groups in total. The highest BCUT2D eigenvalue weighted by atomic mass is 16.2. The van der Waals surface area contributed by atoms with Crippen molar-refractivity contribution < 1.29 is 9.59 Å². The van der Waals surface area contributed by atoms with Crippen molar-refractivity contribution in [2.24, 2.45) is 5.92 Å². The summed E-state index contributed by atoms with van der Waals surface area (Å²) in [7, 11) is 0. The molecule has 0 bridgehead atoms. The maximum atomic E-state index is 11.4. The molecule has 2 rings (SSSR count). The van der Waals surface area contributed by atoms with Crippen LogP contribution in [0.4, 0.5) is 4.79 Å². The third kappa shape index (κ3) is 1.66. The fourth-order valence-corrected chi connectivity index (χ4v) is 1.59. The van der Waals surface area contributed by atoms with Gasteiger partial charge >= 0.3 is 6.03 Å². The Morgan fingerprint density at radius 1 is 1.46 bits per heavy atom. The molecule has 1 heterocycles. The summed E-state index contributed by atoms with van der Waals surface area (Å²) < 4.78 is 0. The van der Waals surface area contributed by atoms with Crippen LogP contribution in [0.2, 0.25) is 0 Å². The van der Waals surface area contributed by atoms with Crippen LogP contribution in [0.5, 0.6) is 0 Å². The van der Waals surface area contributed by atoms with Gasteiger partial charge in [-0.3, -0.25) is 9.69 Å². The number of hydrogen-bond acceptors (Lipinski definition) is 2. The van der Waals surface area contributed by atoms with Crippen molar-refractivity contribution in [2.45, 2.75) is 32.2 Å². The Morgan fingerprint density at radius 3 is 2.62 bits per heavy atom. The summed E-state index contributed by atoms with van der Waals surface area (Å²) in [4.78, 5) is 23.9. The Bertz CT molecular complexity index is 248. The van der Waals surface area contributed by atoms with Gasteiger partial charge in [0.1, 0.15) is 6.04 Å². The van der Waals surface area contributed by atoms with Crippen molar-refractivity contribution in [1.29, 1.82) is 0 Å². The van der Waals surface area contributed by atoms with Crippen molar-refractivity contribution in [1.82, 2.24) is 10.2 Å². The maximum Gasteiger partial charge on any atom is 0.324 e. The van der Waals surface area contributed by atoms with Crippen molar-refractivity contribution in [3.63, 3.8) is 0 Å². The van der Waals surface area contributed by atoms with Gasteiger partial charge in [0, 0.05) is 6.54 Å². The first-order valence-electron chi connectivity index (χ1n) is 4.80. The summed E-state index contributed by atoms with van der Waals surface area (Å²) in [5, 5.41) is 2.60. The van der Waals surface area contributed by atoms with E-state index in [-0.39, 0.29) is 18.0 Å². The molecule has 1 saturated heterocycles.